The van der Waals surface area contributed by atoms with Gasteiger partial charge >= 0.3 is 0 Å². The van der Waals surface area contributed by atoms with Crippen molar-refractivity contribution in [3.05, 3.63) is 35.4 Å². The van der Waals surface area contributed by atoms with E-state index in [1.165, 1.54) is 6.42 Å². The molecule has 4 N–H and O–H groups in total. The van der Waals surface area contributed by atoms with Crippen molar-refractivity contribution in [1.82, 2.24) is 10.9 Å². The molecule has 4 atom stereocenters. The van der Waals surface area contributed by atoms with E-state index in [2.05, 4.69) is 10.9 Å². The van der Waals surface area contributed by atoms with E-state index in [4.69, 9.17) is 17.3 Å². The molecule has 0 spiro atoms. The molecule has 2 aliphatic rings. The third kappa shape index (κ3) is 2.36. The summed E-state index contributed by atoms with van der Waals surface area (Å²) in [6.07, 6.45) is 3.41. The Morgan fingerprint density at radius 3 is 2.63 bits per heavy atom. The van der Waals surface area contributed by atoms with Crippen molar-refractivity contribution in [1.29, 1.82) is 0 Å². The maximum Gasteiger partial charge on any atom is 0.248 e. The van der Waals surface area contributed by atoms with Crippen LogP contribution in [0.2, 0.25) is 0 Å². The summed E-state index contributed by atoms with van der Waals surface area (Å²) in [4.78, 5) is 11.1. The average Bonchev–Trinajstić information content (AvgIpc) is 2.84. The van der Waals surface area contributed by atoms with Crippen molar-refractivity contribution < 1.29 is 4.79 Å². The lowest BCUT2D eigenvalue weighted by molar-refractivity contribution is 0.100. The predicted octanol–water partition coefficient (Wildman–Crippen LogP) is 1.71. The molecule has 5 heteroatoms. The lowest BCUT2D eigenvalue weighted by Gasteiger charge is -2.31. The first-order valence-corrected chi connectivity index (χ1v) is 7.15. The zero-order valence-electron chi connectivity index (χ0n) is 10.6. The molecular weight excluding hydrogens is 262 g/mol. The molecule has 1 aliphatic carbocycles. The number of fused-ring (bicyclic) bond motifs is 1. The highest BCUT2D eigenvalue weighted by Crippen LogP contribution is 2.40. The Balaban J connectivity index is 1.83. The van der Waals surface area contributed by atoms with E-state index < -0.39 is 5.91 Å². The van der Waals surface area contributed by atoms with Gasteiger partial charge in [-0.2, -0.15) is 0 Å². The second-order valence-electron chi connectivity index (χ2n) is 5.38. The Hall–Kier alpha value is -1.10. The third-order valence-corrected chi connectivity index (χ3v) is 4.75. The molecule has 4 nitrogen and oxygen atoms in total. The van der Waals surface area contributed by atoms with Crippen LogP contribution in [-0.4, -0.2) is 17.3 Å². The molecule has 19 heavy (non-hydrogen) atoms. The number of alkyl halides is 1. The van der Waals surface area contributed by atoms with Gasteiger partial charge in [-0.05, 0) is 30.5 Å². The van der Waals surface area contributed by atoms with Gasteiger partial charge in [0.2, 0.25) is 5.91 Å². The molecule has 0 radical (unpaired) electrons. The van der Waals surface area contributed by atoms with Crippen molar-refractivity contribution in [2.75, 3.05) is 0 Å². The monoisotopic (exact) mass is 279 g/mol. The molecule has 3 rings (SSSR count). The largest absolute Gasteiger partial charge is 0.366 e. The Morgan fingerprint density at radius 1 is 1.21 bits per heavy atom. The molecule has 0 aromatic heterocycles. The highest BCUT2D eigenvalue weighted by molar-refractivity contribution is 6.21. The van der Waals surface area contributed by atoms with Crippen LogP contribution < -0.4 is 16.6 Å². The van der Waals surface area contributed by atoms with Gasteiger partial charge < -0.3 is 5.73 Å². The second-order valence-corrected chi connectivity index (χ2v) is 5.94. The Bertz CT molecular complexity index is 476. The zero-order chi connectivity index (χ0) is 13.4. The number of carbonyl (C=O) groups excluding carboxylic acids is 1. The summed E-state index contributed by atoms with van der Waals surface area (Å²) in [6, 6.07) is 8.11. The lowest BCUT2D eigenvalue weighted by Crippen LogP contribution is -2.37. The summed E-state index contributed by atoms with van der Waals surface area (Å²) in [5.74, 6) is 0.00432. The molecule has 1 aliphatic heterocycles. The molecule has 4 unspecified atom stereocenters. The van der Waals surface area contributed by atoms with Crippen LogP contribution in [0.3, 0.4) is 0 Å². The zero-order valence-corrected chi connectivity index (χ0v) is 11.4. The van der Waals surface area contributed by atoms with E-state index in [1.807, 2.05) is 12.1 Å². The fraction of sp³-hybridized carbons (Fsp3) is 0.500. The molecule has 1 aromatic carbocycles. The van der Waals surface area contributed by atoms with Gasteiger partial charge in [-0.3, -0.25) is 10.2 Å². The predicted molar refractivity (Wildman–Crippen MR) is 74.7 cm³/mol. The van der Waals surface area contributed by atoms with Crippen LogP contribution in [-0.2, 0) is 0 Å². The summed E-state index contributed by atoms with van der Waals surface area (Å²) in [6.45, 7) is 0. The highest BCUT2D eigenvalue weighted by atomic mass is 35.5. The Morgan fingerprint density at radius 2 is 1.95 bits per heavy atom. The minimum absolute atomic E-state index is 0.196. The number of nitrogens with one attached hydrogen (secondary N) is 2. The van der Waals surface area contributed by atoms with Crippen LogP contribution in [0, 0.1) is 5.92 Å². The molecule has 1 heterocycles. The second kappa shape index (κ2) is 5.12. The molecule has 1 amide bonds. The van der Waals surface area contributed by atoms with Gasteiger partial charge in [0.15, 0.2) is 0 Å². The maximum absolute atomic E-state index is 11.1. The first-order chi connectivity index (χ1) is 9.16. The van der Waals surface area contributed by atoms with Gasteiger partial charge in [-0.15, -0.1) is 11.6 Å². The molecule has 1 aromatic rings. The molecule has 2 fully saturated rings. The van der Waals surface area contributed by atoms with Crippen LogP contribution in [0.25, 0.3) is 0 Å². The first kappa shape index (κ1) is 12.9. The van der Waals surface area contributed by atoms with E-state index >= 15 is 0 Å². The molecular formula is C14H18ClN3O. The number of amides is 1. The van der Waals surface area contributed by atoms with Gasteiger partial charge in [-0.25, -0.2) is 5.43 Å². The summed E-state index contributed by atoms with van der Waals surface area (Å²) < 4.78 is 0. The van der Waals surface area contributed by atoms with E-state index in [0.29, 0.717) is 17.5 Å². The number of benzene rings is 1. The number of hydrazine groups is 1. The summed E-state index contributed by atoms with van der Waals surface area (Å²) in [7, 11) is 0. The van der Waals surface area contributed by atoms with Crippen molar-refractivity contribution in [3.63, 3.8) is 0 Å². The van der Waals surface area contributed by atoms with E-state index in [0.717, 1.165) is 18.4 Å². The number of rotatable bonds is 2. The quantitative estimate of drug-likeness (QED) is 0.722. The van der Waals surface area contributed by atoms with Gasteiger partial charge in [0.05, 0.1) is 6.04 Å². The SMILES string of the molecule is NC(=O)c1ccc(C2NNC3CCCC(Cl)C32)cc1. The van der Waals surface area contributed by atoms with Crippen LogP contribution in [0.5, 0.6) is 0 Å². The fourth-order valence-electron chi connectivity index (χ4n) is 3.23. The minimum Gasteiger partial charge on any atom is -0.366 e. The van der Waals surface area contributed by atoms with Crippen LogP contribution in [0.15, 0.2) is 24.3 Å². The minimum atomic E-state index is -0.394. The molecule has 1 saturated heterocycles. The number of hydrogen-bond acceptors (Lipinski definition) is 3. The van der Waals surface area contributed by atoms with Gasteiger partial charge in [0, 0.05) is 22.9 Å². The van der Waals surface area contributed by atoms with E-state index in [-0.39, 0.29) is 11.4 Å². The number of nitrogens with two attached hydrogens (primary N) is 1. The maximum atomic E-state index is 11.1. The fourth-order valence-corrected chi connectivity index (χ4v) is 3.71. The number of primary amides is 1. The first-order valence-electron chi connectivity index (χ1n) is 6.71. The van der Waals surface area contributed by atoms with Crippen LogP contribution >= 0.6 is 11.6 Å². The number of carbonyl (C=O) groups is 1. The Labute approximate surface area is 117 Å². The van der Waals surface area contributed by atoms with Gasteiger partial charge in [0.1, 0.15) is 0 Å². The molecule has 102 valence electrons. The third-order valence-electron chi connectivity index (χ3n) is 4.24. The van der Waals surface area contributed by atoms with Gasteiger partial charge in [0.25, 0.3) is 0 Å². The van der Waals surface area contributed by atoms with E-state index in [9.17, 15) is 4.79 Å². The van der Waals surface area contributed by atoms with Crippen molar-refractivity contribution >= 4 is 17.5 Å². The summed E-state index contributed by atoms with van der Waals surface area (Å²) in [5.41, 5.74) is 13.6. The smallest absolute Gasteiger partial charge is 0.248 e. The highest BCUT2D eigenvalue weighted by Gasteiger charge is 2.42. The van der Waals surface area contributed by atoms with E-state index in [1.54, 1.807) is 12.1 Å². The average molecular weight is 280 g/mol. The summed E-state index contributed by atoms with van der Waals surface area (Å²) in [5, 5.41) is 0.196. The van der Waals surface area contributed by atoms with Crippen LogP contribution in [0.1, 0.15) is 41.2 Å². The number of hydrogen-bond donors (Lipinski definition) is 3. The summed E-state index contributed by atoms with van der Waals surface area (Å²) >= 11 is 6.49. The molecule has 0 bridgehead atoms. The van der Waals surface area contributed by atoms with Crippen molar-refractivity contribution in [2.24, 2.45) is 11.7 Å². The normalized spacial score (nSPS) is 33.9. The van der Waals surface area contributed by atoms with Crippen molar-refractivity contribution in [2.45, 2.75) is 36.7 Å². The number of halogens is 1. The van der Waals surface area contributed by atoms with Gasteiger partial charge in [-0.1, -0.05) is 18.6 Å². The lowest BCUT2D eigenvalue weighted by atomic mass is 9.79. The standard InChI is InChI=1S/C14H18ClN3O/c15-10-2-1-3-11-12(10)13(18-17-11)8-4-6-9(7-5-8)14(16)19/h4-7,10-13,17-18H,1-3H2,(H2,16,19). The van der Waals surface area contributed by atoms with Crippen LogP contribution in [0.4, 0.5) is 0 Å². The van der Waals surface area contributed by atoms with Crippen molar-refractivity contribution in [3.8, 4) is 0 Å². The topological polar surface area (TPSA) is 67.2 Å². The Kier molecular flexibility index (Phi) is 3.48. The molecule has 1 saturated carbocycles.